The van der Waals surface area contributed by atoms with E-state index in [9.17, 15) is 19.6 Å². The zero-order valence-corrected chi connectivity index (χ0v) is 19.5. The Morgan fingerprint density at radius 2 is 1.73 bits per heavy atom. The maximum atomic E-state index is 13.2. The van der Waals surface area contributed by atoms with Crippen molar-refractivity contribution in [2.75, 3.05) is 0 Å². The highest BCUT2D eigenvalue weighted by Gasteiger charge is 2.41. The first kappa shape index (κ1) is 25.9. The third-order valence-electron chi connectivity index (χ3n) is 5.53. The number of ether oxygens (including phenoxy) is 2. The van der Waals surface area contributed by atoms with Crippen LogP contribution in [0.15, 0.2) is 5.16 Å². The van der Waals surface area contributed by atoms with Gasteiger partial charge in [-0.1, -0.05) is 32.3 Å². The van der Waals surface area contributed by atoms with Crippen LogP contribution >= 0.6 is 0 Å². The van der Waals surface area contributed by atoms with Gasteiger partial charge in [0.15, 0.2) is 0 Å². The molecule has 1 fully saturated rings. The van der Waals surface area contributed by atoms with Crippen molar-refractivity contribution in [1.29, 1.82) is 0 Å². The number of nitrogens with one attached hydrogen (secondary N) is 1. The summed E-state index contributed by atoms with van der Waals surface area (Å²) in [5, 5.41) is 14.8. The lowest BCUT2D eigenvalue weighted by Gasteiger charge is -2.37. The lowest BCUT2D eigenvalue weighted by atomic mass is 9.75. The lowest BCUT2D eigenvalue weighted by Crippen LogP contribution is -2.53. The Bertz CT molecular complexity index is 653. The molecular formula is C22H38N2O6. The van der Waals surface area contributed by atoms with Gasteiger partial charge in [-0.3, -0.25) is 4.79 Å². The Morgan fingerprint density at radius 1 is 1.13 bits per heavy atom. The van der Waals surface area contributed by atoms with E-state index in [0.29, 0.717) is 11.8 Å². The zero-order valence-electron chi connectivity index (χ0n) is 19.5. The van der Waals surface area contributed by atoms with Gasteiger partial charge in [0, 0.05) is 0 Å². The second kappa shape index (κ2) is 10.8. The molecule has 1 amide bonds. The molecule has 5 atom stereocenters. The number of hydrogen-bond donors (Lipinski definition) is 2. The highest BCUT2D eigenvalue weighted by Crippen LogP contribution is 2.35. The minimum atomic E-state index is -1.35. The summed E-state index contributed by atoms with van der Waals surface area (Å²) >= 11 is 0. The SMILES string of the molecule is CC(=O)C(/C(C)=N/O)[C@H](NC(=O)OC(C)(C)C)C(=O)O[C@@H]1C[C@H](C)CC[C@H]1C(C)C. The van der Waals surface area contributed by atoms with Crippen molar-refractivity contribution in [1.82, 2.24) is 5.32 Å². The van der Waals surface area contributed by atoms with Gasteiger partial charge in [-0.15, -0.1) is 0 Å². The molecular weight excluding hydrogens is 388 g/mol. The molecule has 30 heavy (non-hydrogen) atoms. The molecule has 0 aromatic carbocycles. The van der Waals surface area contributed by atoms with E-state index < -0.39 is 35.4 Å². The topological polar surface area (TPSA) is 114 Å². The Hall–Kier alpha value is -2.12. The van der Waals surface area contributed by atoms with E-state index in [4.69, 9.17) is 9.47 Å². The van der Waals surface area contributed by atoms with Crippen molar-refractivity contribution >= 4 is 23.6 Å². The van der Waals surface area contributed by atoms with E-state index >= 15 is 0 Å². The molecule has 172 valence electrons. The predicted octanol–water partition coefficient (Wildman–Crippen LogP) is 3.94. The Labute approximate surface area is 179 Å². The van der Waals surface area contributed by atoms with Crippen LogP contribution < -0.4 is 5.32 Å². The van der Waals surface area contributed by atoms with Gasteiger partial charge in [0.2, 0.25) is 0 Å². The maximum Gasteiger partial charge on any atom is 0.408 e. The number of carbonyl (C=O) groups excluding carboxylic acids is 3. The Balaban J connectivity index is 3.16. The Kier molecular flexibility index (Phi) is 9.31. The summed E-state index contributed by atoms with van der Waals surface area (Å²) in [6.45, 7) is 14.1. The summed E-state index contributed by atoms with van der Waals surface area (Å²) in [5.41, 5.74) is -0.774. The van der Waals surface area contributed by atoms with Crippen molar-refractivity contribution in [3.63, 3.8) is 0 Å². The fourth-order valence-corrected chi connectivity index (χ4v) is 4.02. The fraction of sp³-hybridized carbons (Fsp3) is 0.818. The lowest BCUT2D eigenvalue weighted by molar-refractivity contribution is -0.160. The number of esters is 1. The van der Waals surface area contributed by atoms with Gasteiger partial charge in [-0.25, -0.2) is 9.59 Å². The standard InChI is InChI=1S/C22H38N2O6/c1-12(2)16-10-9-13(3)11-17(16)29-20(26)19(18(15(5)25)14(4)24-28)23-21(27)30-22(6,7)8/h12-13,16-19,28H,9-11H2,1-8H3,(H,23,27)/b24-14+/t13-,16+,17-,18?,19+/m1/s1. The van der Waals surface area contributed by atoms with Crippen molar-refractivity contribution in [2.45, 2.75) is 92.4 Å². The van der Waals surface area contributed by atoms with Crippen LogP contribution in [0.25, 0.3) is 0 Å². The van der Waals surface area contributed by atoms with Gasteiger partial charge in [-0.05, 0) is 65.2 Å². The van der Waals surface area contributed by atoms with E-state index in [0.717, 1.165) is 19.3 Å². The molecule has 1 aliphatic carbocycles. The first-order valence-corrected chi connectivity index (χ1v) is 10.7. The van der Waals surface area contributed by atoms with Crippen LogP contribution in [-0.4, -0.2) is 46.5 Å². The Morgan fingerprint density at radius 3 is 2.20 bits per heavy atom. The molecule has 0 saturated heterocycles. The van der Waals surface area contributed by atoms with Crippen LogP contribution in [0, 0.1) is 23.7 Å². The molecule has 8 heteroatoms. The van der Waals surface area contributed by atoms with Crippen LogP contribution in [-0.2, 0) is 19.1 Å². The van der Waals surface area contributed by atoms with Gasteiger partial charge < -0.3 is 20.0 Å². The molecule has 0 radical (unpaired) electrons. The molecule has 0 bridgehead atoms. The van der Waals surface area contributed by atoms with Crippen molar-refractivity contribution in [3.8, 4) is 0 Å². The molecule has 0 aromatic heterocycles. The van der Waals surface area contributed by atoms with E-state index in [2.05, 4.69) is 31.2 Å². The van der Waals surface area contributed by atoms with E-state index in [1.165, 1.54) is 13.8 Å². The van der Waals surface area contributed by atoms with Gasteiger partial charge in [0.1, 0.15) is 23.5 Å². The molecule has 2 N–H and O–H groups in total. The molecule has 1 aliphatic rings. The summed E-state index contributed by atoms with van der Waals surface area (Å²) in [4.78, 5) is 37.8. The molecule has 1 unspecified atom stereocenters. The van der Waals surface area contributed by atoms with E-state index in [1.807, 2.05) is 0 Å². The molecule has 0 aromatic rings. The number of carbonyl (C=O) groups is 3. The largest absolute Gasteiger partial charge is 0.461 e. The number of oxime groups is 1. The predicted molar refractivity (Wildman–Crippen MR) is 113 cm³/mol. The monoisotopic (exact) mass is 426 g/mol. The molecule has 0 heterocycles. The van der Waals surface area contributed by atoms with Crippen LogP contribution in [0.3, 0.4) is 0 Å². The van der Waals surface area contributed by atoms with Gasteiger partial charge in [0.25, 0.3) is 0 Å². The number of nitrogens with zero attached hydrogens (tertiary/aromatic N) is 1. The van der Waals surface area contributed by atoms with E-state index in [-0.39, 0.29) is 17.7 Å². The van der Waals surface area contributed by atoms with Crippen molar-refractivity contribution in [3.05, 3.63) is 0 Å². The third-order valence-corrected chi connectivity index (χ3v) is 5.53. The van der Waals surface area contributed by atoms with E-state index in [1.54, 1.807) is 20.8 Å². The number of ketones is 1. The molecule has 1 saturated carbocycles. The summed E-state index contributed by atoms with van der Waals surface area (Å²) in [5.74, 6) is -1.37. The molecule has 8 nitrogen and oxygen atoms in total. The summed E-state index contributed by atoms with van der Waals surface area (Å²) in [6, 6.07) is -1.35. The number of amides is 1. The molecule has 0 spiro atoms. The smallest absolute Gasteiger partial charge is 0.408 e. The van der Waals surface area contributed by atoms with Crippen molar-refractivity contribution < 1.29 is 29.1 Å². The van der Waals surface area contributed by atoms with Crippen LogP contribution in [0.1, 0.15) is 74.7 Å². The second-order valence-corrected chi connectivity index (χ2v) is 9.76. The summed E-state index contributed by atoms with van der Waals surface area (Å²) in [7, 11) is 0. The van der Waals surface area contributed by atoms with Gasteiger partial charge >= 0.3 is 12.1 Å². The first-order valence-electron chi connectivity index (χ1n) is 10.7. The summed E-state index contributed by atoms with van der Waals surface area (Å²) < 4.78 is 11.1. The van der Waals surface area contributed by atoms with Crippen LogP contribution in [0.2, 0.25) is 0 Å². The number of hydrogen-bond acceptors (Lipinski definition) is 7. The quantitative estimate of drug-likeness (QED) is 0.276. The molecule has 1 rings (SSSR count). The number of alkyl carbamates (subject to hydrolysis) is 1. The maximum absolute atomic E-state index is 13.2. The number of Topliss-reactive ketones (excluding diaryl/α,β-unsaturated/α-hetero) is 1. The van der Waals surface area contributed by atoms with Gasteiger partial charge in [-0.2, -0.15) is 0 Å². The highest BCUT2D eigenvalue weighted by atomic mass is 16.6. The number of rotatable bonds is 7. The average molecular weight is 427 g/mol. The fourth-order valence-electron chi connectivity index (χ4n) is 4.02. The molecule has 0 aliphatic heterocycles. The minimum Gasteiger partial charge on any atom is -0.461 e. The zero-order chi connectivity index (χ0) is 23.2. The van der Waals surface area contributed by atoms with Crippen LogP contribution in [0.4, 0.5) is 4.79 Å². The average Bonchev–Trinajstić information content (AvgIpc) is 2.58. The second-order valence-electron chi connectivity index (χ2n) is 9.76. The highest BCUT2D eigenvalue weighted by molar-refractivity contribution is 6.07. The minimum absolute atomic E-state index is 0.0120. The van der Waals surface area contributed by atoms with Crippen LogP contribution in [0.5, 0.6) is 0 Å². The van der Waals surface area contributed by atoms with Crippen molar-refractivity contribution in [2.24, 2.45) is 28.8 Å². The van der Waals surface area contributed by atoms with Gasteiger partial charge in [0.05, 0.1) is 11.6 Å². The normalized spacial score (nSPS) is 24.7. The first-order chi connectivity index (χ1) is 13.8. The summed E-state index contributed by atoms with van der Waals surface area (Å²) in [6.07, 6.45) is 1.60. The third kappa shape index (κ3) is 7.61.